The summed E-state index contributed by atoms with van der Waals surface area (Å²) in [6, 6.07) is 6.01. The van der Waals surface area contributed by atoms with E-state index in [-0.39, 0.29) is 0 Å². The predicted octanol–water partition coefficient (Wildman–Crippen LogP) is 4.05. The van der Waals surface area contributed by atoms with Gasteiger partial charge in [-0.3, -0.25) is 0 Å². The predicted molar refractivity (Wildman–Crippen MR) is 81.2 cm³/mol. The van der Waals surface area contributed by atoms with Gasteiger partial charge in [0.1, 0.15) is 0 Å². The average Bonchev–Trinajstić information content (AvgIpc) is 2.47. The van der Waals surface area contributed by atoms with Gasteiger partial charge in [-0.2, -0.15) is 0 Å². The van der Waals surface area contributed by atoms with Crippen LogP contribution in [0.2, 0.25) is 0 Å². The van der Waals surface area contributed by atoms with E-state index in [1.165, 1.54) is 0 Å². The number of rotatable bonds is 9. The van der Waals surface area contributed by atoms with E-state index in [2.05, 4.69) is 12.1 Å². The summed E-state index contributed by atoms with van der Waals surface area (Å²) in [6.45, 7) is 7.24. The van der Waals surface area contributed by atoms with E-state index in [1.54, 1.807) is 0 Å². The fourth-order valence-corrected chi connectivity index (χ4v) is 1.80. The van der Waals surface area contributed by atoms with Crippen LogP contribution in [0, 0.1) is 0 Å². The van der Waals surface area contributed by atoms with Gasteiger partial charge in [0.25, 0.3) is 0 Å². The van der Waals surface area contributed by atoms with E-state index in [0.717, 1.165) is 48.5 Å². The Labute approximate surface area is 121 Å². The summed E-state index contributed by atoms with van der Waals surface area (Å²) < 4.78 is 11.4. The standard InChI is InChI=1S/C16H25NO3/c1-4-6-11-20-15-10-9-14(8-7-13(3)17-18)12-16(15)19-5-2/h9-10,12,18H,4-8,11H2,1-3H3/b17-13+. The Kier molecular flexibility index (Phi) is 7.55. The van der Waals surface area contributed by atoms with Crippen LogP contribution in [0.1, 0.15) is 45.6 Å². The van der Waals surface area contributed by atoms with Crippen molar-refractivity contribution in [3.63, 3.8) is 0 Å². The molecule has 1 N–H and O–H groups in total. The minimum absolute atomic E-state index is 0.616. The molecule has 0 saturated heterocycles. The molecule has 0 aliphatic carbocycles. The van der Waals surface area contributed by atoms with Crippen molar-refractivity contribution in [2.45, 2.75) is 46.5 Å². The lowest BCUT2D eigenvalue weighted by Crippen LogP contribution is -2.02. The fourth-order valence-electron chi connectivity index (χ4n) is 1.80. The van der Waals surface area contributed by atoms with Crippen molar-refractivity contribution in [3.05, 3.63) is 23.8 Å². The highest BCUT2D eigenvalue weighted by Gasteiger charge is 2.07. The highest BCUT2D eigenvalue weighted by molar-refractivity contribution is 5.81. The largest absolute Gasteiger partial charge is 0.490 e. The second-order valence-electron chi connectivity index (χ2n) is 4.75. The van der Waals surface area contributed by atoms with Gasteiger partial charge in [0.05, 0.1) is 18.9 Å². The molecule has 0 amide bonds. The van der Waals surface area contributed by atoms with Gasteiger partial charge in [-0.1, -0.05) is 24.6 Å². The van der Waals surface area contributed by atoms with Crippen LogP contribution < -0.4 is 9.47 Å². The van der Waals surface area contributed by atoms with Gasteiger partial charge in [0, 0.05) is 0 Å². The molecule has 0 bridgehead atoms. The first kappa shape index (κ1) is 16.3. The van der Waals surface area contributed by atoms with Gasteiger partial charge in [-0.15, -0.1) is 0 Å². The highest BCUT2D eigenvalue weighted by Crippen LogP contribution is 2.29. The maximum atomic E-state index is 8.66. The second kappa shape index (κ2) is 9.23. The zero-order valence-corrected chi connectivity index (χ0v) is 12.7. The van der Waals surface area contributed by atoms with Gasteiger partial charge < -0.3 is 14.7 Å². The Balaban J connectivity index is 2.72. The van der Waals surface area contributed by atoms with Crippen molar-refractivity contribution in [1.82, 2.24) is 0 Å². The molecule has 4 heteroatoms. The first-order valence-electron chi connectivity index (χ1n) is 7.27. The summed E-state index contributed by atoms with van der Waals surface area (Å²) in [7, 11) is 0. The van der Waals surface area contributed by atoms with Crippen LogP contribution in [-0.4, -0.2) is 24.1 Å². The van der Waals surface area contributed by atoms with Crippen LogP contribution in [-0.2, 0) is 6.42 Å². The summed E-state index contributed by atoms with van der Waals surface area (Å²) in [4.78, 5) is 0. The molecule has 4 nitrogen and oxygen atoms in total. The molecule has 0 aliphatic heterocycles. The van der Waals surface area contributed by atoms with Gasteiger partial charge in [0.2, 0.25) is 0 Å². The monoisotopic (exact) mass is 279 g/mol. The molecule has 20 heavy (non-hydrogen) atoms. The minimum Gasteiger partial charge on any atom is -0.490 e. The first-order chi connectivity index (χ1) is 9.71. The summed E-state index contributed by atoms with van der Waals surface area (Å²) in [6.07, 6.45) is 3.71. The van der Waals surface area contributed by atoms with Gasteiger partial charge in [0.15, 0.2) is 11.5 Å². The quantitative estimate of drug-likeness (QED) is 0.321. The lowest BCUT2D eigenvalue weighted by Gasteiger charge is -2.13. The SMILES string of the molecule is CCCCOc1ccc(CC/C(C)=N/O)cc1OCC. The number of oxime groups is 1. The zero-order valence-electron chi connectivity index (χ0n) is 12.7. The molecular formula is C16H25NO3. The Morgan fingerprint density at radius 2 is 2.00 bits per heavy atom. The van der Waals surface area contributed by atoms with Gasteiger partial charge >= 0.3 is 0 Å². The van der Waals surface area contributed by atoms with Crippen molar-refractivity contribution in [3.8, 4) is 11.5 Å². The fraction of sp³-hybridized carbons (Fsp3) is 0.562. The smallest absolute Gasteiger partial charge is 0.161 e. The highest BCUT2D eigenvalue weighted by atomic mass is 16.5. The summed E-state index contributed by atoms with van der Waals surface area (Å²) in [5.74, 6) is 1.59. The molecule has 112 valence electrons. The molecule has 0 heterocycles. The van der Waals surface area contributed by atoms with E-state index < -0.39 is 0 Å². The van der Waals surface area contributed by atoms with Crippen LogP contribution in [0.15, 0.2) is 23.4 Å². The Morgan fingerprint density at radius 1 is 1.20 bits per heavy atom. The van der Waals surface area contributed by atoms with E-state index >= 15 is 0 Å². The van der Waals surface area contributed by atoms with Crippen LogP contribution in [0.25, 0.3) is 0 Å². The third-order valence-electron chi connectivity index (χ3n) is 3.01. The average molecular weight is 279 g/mol. The number of benzene rings is 1. The number of hydrogen-bond acceptors (Lipinski definition) is 4. The summed E-state index contributed by atoms with van der Waals surface area (Å²) >= 11 is 0. The van der Waals surface area contributed by atoms with Crippen molar-refractivity contribution >= 4 is 5.71 Å². The van der Waals surface area contributed by atoms with E-state index in [4.69, 9.17) is 14.7 Å². The Morgan fingerprint density at radius 3 is 2.65 bits per heavy atom. The van der Waals surface area contributed by atoms with Gasteiger partial charge in [-0.05, 0) is 50.8 Å². The van der Waals surface area contributed by atoms with Crippen LogP contribution in [0.5, 0.6) is 11.5 Å². The normalized spacial score (nSPS) is 11.4. The zero-order chi connectivity index (χ0) is 14.8. The Hall–Kier alpha value is -1.71. The van der Waals surface area contributed by atoms with Gasteiger partial charge in [-0.25, -0.2) is 0 Å². The van der Waals surface area contributed by atoms with E-state index in [0.29, 0.717) is 13.2 Å². The number of aryl methyl sites for hydroxylation is 1. The maximum absolute atomic E-state index is 8.66. The molecule has 1 rings (SSSR count). The molecule has 1 aromatic rings. The number of ether oxygens (including phenoxy) is 2. The van der Waals surface area contributed by atoms with Crippen molar-refractivity contribution in [2.75, 3.05) is 13.2 Å². The molecule has 0 atom stereocenters. The summed E-state index contributed by atoms with van der Waals surface area (Å²) in [5.41, 5.74) is 1.88. The van der Waals surface area contributed by atoms with Crippen molar-refractivity contribution in [2.24, 2.45) is 5.16 Å². The molecule has 0 aliphatic rings. The third kappa shape index (κ3) is 5.51. The lowest BCUT2D eigenvalue weighted by molar-refractivity contribution is 0.272. The lowest BCUT2D eigenvalue weighted by atomic mass is 10.1. The van der Waals surface area contributed by atoms with E-state index in [9.17, 15) is 0 Å². The molecule has 0 unspecified atom stereocenters. The number of unbranched alkanes of at least 4 members (excludes halogenated alkanes) is 1. The molecular weight excluding hydrogens is 254 g/mol. The molecule has 1 aromatic carbocycles. The van der Waals surface area contributed by atoms with E-state index in [1.807, 2.05) is 32.0 Å². The minimum atomic E-state index is 0.616. The van der Waals surface area contributed by atoms with Crippen molar-refractivity contribution < 1.29 is 14.7 Å². The maximum Gasteiger partial charge on any atom is 0.161 e. The van der Waals surface area contributed by atoms with Crippen molar-refractivity contribution in [1.29, 1.82) is 0 Å². The second-order valence-corrected chi connectivity index (χ2v) is 4.75. The Bertz CT molecular complexity index is 430. The number of hydrogen-bond donors (Lipinski definition) is 1. The summed E-state index contributed by atoms with van der Waals surface area (Å²) in [5, 5.41) is 11.8. The van der Waals surface area contributed by atoms with Crippen LogP contribution >= 0.6 is 0 Å². The van der Waals surface area contributed by atoms with Crippen LogP contribution in [0.4, 0.5) is 0 Å². The molecule has 0 fully saturated rings. The molecule has 0 spiro atoms. The third-order valence-corrected chi connectivity index (χ3v) is 3.01. The first-order valence-corrected chi connectivity index (χ1v) is 7.27. The molecule has 0 aromatic heterocycles. The topological polar surface area (TPSA) is 51.0 Å². The number of nitrogens with zero attached hydrogens (tertiary/aromatic N) is 1. The molecule has 0 radical (unpaired) electrons. The van der Waals surface area contributed by atoms with Crippen LogP contribution in [0.3, 0.4) is 0 Å². The molecule has 0 saturated carbocycles.